The monoisotopic (exact) mass is 202 g/mol. The van der Waals surface area contributed by atoms with Crippen LogP contribution in [-0.4, -0.2) is 0 Å². The Morgan fingerprint density at radius 1 is 0.917 bits per heavy atom. The molecule has 0 nitrogen and oxygen atoms in total. The molecule has 1 aromatic rings. The number of hydrogen-bond donors (Lipinski definition) is 0. The molecule has 66 valence electrons. The van der Waals surface area contributed by atoms with E-state index >= 15 is 0 Å². The molecule has 0 radical (unpaired) electrons. The standard InChI is InChI=1S/C6H6.C5H8.Fe/c1-2-4-6-5-3-1;1-3-5-4-2;/h1-6H;3-5H,1H2,2H3;. The van der Waals surface area contributed by atoms with Gasteiger partial charge in [0.2, 0.25) is 0 Å². The predicted molar refractivity (Wildman–Crippen MR) is 51.5 cm³/mol. The molecule has 0 aliphatic rings. The van der Waals surface area contributed by atoms with Crippen molar-refractivity contribution in [1.82, 2.24) is 0 Å². The van der Waals surface area contributed by atoms with Crippen molar-refractivity contribution in [3.05, 3.63) is 61.2 Å². The number of allylic oxidation sites excluding steroid dienone is 3. The van der Waals surface area contributed by atoms with Crippen molar-refractivity contribution >= 4 is 0 Å². The average molecular weight is 202 g/mol. The van der Waals surface area contributed by atoms with Crippen LogP contribution in [0.4, 0.5) is 0 Å². The largest absolute Gasteiger partial charge is 0.0991 e. The Balaban J connectivity index is 0. The topological polar surface area (TPSA) is 0 Å². The first-order chi connectivity index (χ1) is 5.41. The van der Waals surface area contributed by atoms with E-state index in [2.05, 4.69) is 6.58 Å². The maximum absolute atomic E-state index is 3.46. The van der Waals surface area contributed by atoms with Gasteiger partial charge in [0.05, 0.1) is 0 Å². The van der Waals surface area contributed by atoms with Crippen molar-refractivity contribution in [3.63, 3.8) is 0 Å². The van der Waals surface area contributed by atoms with Gasteiger partial charge in [-0.1, -0.05) is 61.2 Å². The molecule has 0 fully saturated rings. The van der Waals surface area contributed by atoms with E-state index in [-0.39, 0.29) is 17.1 Å². The van der Waals surface area contributed by atoms with Crippen LogP contribution in [-0.2, 0) is 17.1 Å². The molecular weight excluding hydrogens is 188 g/mol. The van der Waals surface area contributed by atoms with Crippen LogP contribution < -0.4 is 0 Å². The Morgan fingerprint density at radius 2 is 1.25 bits per heavy atom. The Kier molecular flexibility index (Phi) is 14.8. The van der Waals surface area contributed by atoms with E-state index in [9.17, 15) is 0 Å². The fourth-order valence-electron chi connectivity index (χ4n) is 0.521. The predicted octanol–water partition coefficient (Wildman–Crippen LogP) is 3.43. The van der Waals surface area contributed by atoms with Gasteiger partial charge in [-0.25, -0.2) is 0 Å². The van der Waals surface area contributed by atoms with Crippen molar-refractivity contribution in [1.29, 1.82) is 0 Å². The second-order valence-corrected chi connectivity index (χ2v) is 1.92. The zero-order chi connectivity index (χ0) is 8.36. The minimum absolute atomic E-state index is 0. The molecule has 0 spiro atoms. The Hall–Kier alpha value is -0.781. The van der Waals surface area contributed by atoms with E-state index in [1.54, 1.807) is 6.08 Å². The number of rotatable bonds is 1. The molecular formula is C11H14Fe. The van der Waals surface area contributed by atoms with Gasteiger partial charge in [-0.15, -0.1) is 0 Å². The van der Waals surface area contributed by atoms with E-state index in [1.165, 1.54) is 0 Å². The zero-order valence-corrected chi connectivity index (χ0v) is 8.36. The van der Waals surface area contributed by atoms with Gasteiger partial charge < -0.3 is 0 Å². The summed E-state index contributed by atoms with van der Waals surface area (Å²) in [4.78, 5) is 0. The molecule has 12 heavy (non-hydrogen) atoms. The van der Waals surface area contributed by atoms with Crippen LogP contribution in [0.25, 0.3) is 0 Å². The van der Waals surface area contributed by atoms with Crippen molar-refractivity contribution < 1.29 is 17.1 Å². The van der Waals surface area contributed by atoms with Gasteiger partial charge in [0, 0.05) is 17.1 Å². The molecule has 0 unspecified atom stereocenters. The number of hydrogen-bond acceptors (Lipinski definition) is 0. The smallest absolute Gasteiger partial charge is 0 e. The van der Waals surface area contributed by atoms with Gasteiger partial charge in [0.1, 0.15) is 0 Å². The summed E-state index contributed by atoms with van der Waals surface area (Å²) in [6.45, 7) is 5.42. The van der Waals surface area contributed by atoms with Crippen LogP contribution in [0.1, 0.15) is 6.92 Å². The van der Waals surface area contributed by atoms with Crippen LogP contribution in [0.15, 0.2) is 61.2 Å². The van der Waals surface area contributed by atoms with Crippen LogP contribution in [0.2, 0.25) is 0 Å². The Labute approximate surface area is 85.5 Å². The third kappa shape index (κ3) is 12.0. The molecule has 0 N–H and O–H groups in total. The van der Waals surface area contributed by atoms with Crippen molar-refractivity contribution in [3.8, 4) is 0 Å². The molecule has 0 atom stereocenters. The first-order valence-electron chi connectivity index (χ1n) is 3.65. The van der Waals surface area contributed by atoms with Crippen molar-refractivity contribution in [2.24, 2.45) is 0 Å². The summed E-state index contributed by atoms with van der Waals surface area (Å²) in [6.07, 6.45) is 5.58. The minimum Gasteiger partial charge on any atom is -0.0991 e. The fraction of sp³-hybridized carbons (Fsp3) is 0.0909. The Bertz CT molecular complexity index is 163. The maximum atomic E-state index is 3.46. The fourth-order valence-corrected chi connectivity index (χ4v) is 0.521. The van der Waals surface area contributed by atoms with Gasteiger partial charge in [-0.2, -0.15) is 0 Å². The summed E-state index contributed by atoms with van der Waals surface area (Å²) < 4.78 is 0. The quantitative estimate of drug-likeness (QED) is 0.483. The molecule has 0 aliphatic heterocycles. The molecule has 0 saturated carbocycles. The maximum Gasteiger partial charge on any atom is 0 e. The van der Waals surface area contributed by atoms with Gasteiger partial charge in [0.15, 0.2) is 0 Å². The van der Waals surface area contributed by atoms with E-state index in [4.69, 9.17) is 0 Å². The molecule has 0 aromatic heterocycles. The van der Waals surface area contributed by atoms with Gasteiger partial charge in [-0.05, 0) is 6.92 Å². The van der Waals surface area contributed by atoms with E-state index in [0.29, 0.717) is 0 Å². The van der Waals surface area contributed by atoms with Gasteiger partial charge in [-0.3, -0.25) is 0 Å². The summed E-state index contributed by atoms with van der Waals surface area (Å²) in [5, 5.41) is 0. The van der Waals surface area contributed by atoms with Gasteiger partial charge in [0.25, 0.3) is 0 Å². The molecule has 0 aliphatic carbocycles. The molecule has 0 saturated heterocycles. The third-order valence-corrected chi connectivity index (χ3v) is 0.995. The van der Waals surface area contributed by atoms with Gasteiger partial charge >= 0.3 is 0 Å². The second-order valence-electron chi connectivity index (χ2n) is 1.92. The summed E-state index contributed by atoms with van der Waals surface area (Å²) in [5.74, 6) is 0. The minimum atomic E-state index is 0. The summed E-state index contributed by atoms with van der Waals surface area (Å²) in [5.41, 5.74) is 0. The second kappa shape index (κ2) is 12.9. The SMILES string of the molecule is C=CC=CC.[Fe].c1ccccc1. The van der Waals surface area contributed by atoms with Crippen molar-refractivity contribution in [2.45, 2.75) is 6.92 Å². The first kappa shape index (κ1) is 13.8. The van der Waals surface area contributed by atoms with E-state index in [0.717, 1.165) is 0 Å². The zero-order valence-electron chi connectivity index (χ0n) is 7.26. The summed E-state index contributed by atoms with van der Waals surface area (Å²) in [6, 6.07) is 12.0. The molecule has 1 heteroatoms. The number of benzene rings is 1. The van der Waals surface area contributed by atoms with Crippen molar-refractivity contribution in [2.75, 3.05) is 0 Å². The Morgan fingerprint density at radius 3 is 1.33 bits per heavy atom. The van der Waals surface area contributed by atoms with Crippen LogP contribution in [0.3, 0.4) is 0 Å². The first-order valence-corrected chi connectivity index (χ1v) is 3.65. The normalized spacial score (nSPS) is 7.75. The van der Waals surface area contributed by atoms with Crippen LogP contribution in [0.5, 0.6) is 0 Å². The molecule has 1 aromatic carbocycles. The summed E-state index contributed by atoms with van der Waals surface area (Å²) >= 11 is 0. The van der Waals surface area contributed by atoms with E-state index < -0.39 is 0 Å². The van der Waals surface area contributed by atoms with Crippen LogP contribution >= 0.6 is 0 Å². The van der Waals surface area contributed by atoms with E-state index in [1.807, 2.05) is 55.5 Å². The molecule has 1 rings (SSSR count). The molecule has 0 heterocycles. The summed E-state index contributed by atoms with van der Waals surface area (Å²) in [7, 11) is 0. The van der Waals surface area contributed by atoms with Crippen LogP contribution in [0, 0.1) is 0 Å². The third-order valence-electron chi connectivity index (χ3n) is 0.995. The average Bonchev–Trinajstić information content (AvgIpc) is 2.10. The molecule has 0 amide bonds. The molecule has 0 bridgehead atoms.